The number of carbonyl (C=O) groups excluding carboxylic acids is 2. The van der Waals surface area contributed by atoms with E-state index in [2.05, 4.69) is 24.1 Å². The SMILES string of the molecule is CCCCCCc1ccc(C(=O)N(CCCC)CC(=O)Nc2ncc(C)s2)cc1. The molecule has 0 bridgehead atoms. The summed E-state index contributed by atoms with van der Waals surface area (Å²) < 4.78 is 0. The van der Waals surface area contributed by atoms with Crippen molar-refractivity contribution in [2.75, 3.05) is 18.4 Å². The lowest BCUT2D eigenvalue weighted by atomic mass is 10.0. The van der Waals surface area contributed by atoms with Gasteiger partial charge in [0.05, 0.1) is 0 Å². The van der Waals surface area contributed by atoms with Gasteiger partial charge in [-0.3, -0.25) is 9.59 Å². The summed E-state index contributed by atoms with van der Waals surface area (Å²) in [6.45, 7) is 6.84. The molecule has 0 atom stereocenters. The third kappa shape index (κ3) is 7.97. The fraction of sp³-hybridized carbons (Fsp3) is 0.522. The van der Waals surface area contributed by atoms with Crippen molar-refractivity contribution < 1.29 is 9.59 Å². The van der Waals surface area contributed by atoms with Crippen molar-refractivity contribution in [3.63, 3.8) is 0 Å². The molecule has 2 amide bonds. The van der Waals surface area contributed by atoms with Crippen LogP contribution in [-0.4, -0.2) is 34.8 Å². The van der Waals surface area contributed by atoms with Gasteiger partial charge >= 0.3 is 0 Å². The van der Waals surface area contributed by atoms with E-state index in [1.165, 1.54) is 42.6 Å². The Labute approximate surface area is 178 Å². The summed E-state index contributed by atoms with van der Waals surface area (Å²) in [7, 11) is 0. The number of aryl methyl sites for hydroxylation is 2. The number of hydrogen-bond acceptors (Lipinski definition) is 4. The number of unbranched alkanes of at least 4 members (excludes halogenated alkanes) is 4. The van der Waals surface area contributed by atoms with Crippen LogP contribution in [0.15, 0.2) is 30.5 Å². The Balaban J connectivity index is 1.96. The maximum atomic E-state index is 13.0. The topological polar surface area (TPSA) is 62.3 Å². The highest BCUT2D eigenvalue weighted by molar-refractivity contribution is 7.15. The van der Waals surface area contributed by atoms with Crippen molar-refractivity contribution in [2.45, 2.75) is 65.7 Å². The zero-order chi connectivity index (χ0) is 21.1. The quantitative estimate of drug-likeness (QED) is 0.469. The van der Waals surface area contributed by atoms with Crippen molar-refractivity contribution in [3.8, 4) is 0 Å². The first-order valence-corrected chi connectivity index (χ1v) is 11.5. The summed E-state index contributed by atoms with van der Waals surface area (Å²) in [6, 6.07) is 7.85. The first-order chi connectivity index (χ1) is 14.0. The predicted molar refractivity (Wildman–Crippen MR) is 121 cm³/mol. The summed E-state index contributed by atoms with van der Waals surface area (Å²) in [5, 5.41) is 3.37. The van der Waals surface area contributed by atoms with Crippen LogP contribution in [0.2, 0.25) is 0 Å². The largest absolute Gasteiger partial charge is 0.329 e. The second-order valence-corrected chi connectivity index (χ2v) is 8.65. The molecule has 5 nitrogen and oxygen atoms in total. The van der Waals surface area contributed by atoms with Crippen LogP contribution in [0.3, 0.4) is 0 Å². The Kier molecular flexibility index (Phi) is 9.84. The van der Waals surface area contributed by atoms with E-state index in [1.807, 2.05) is 31.2 Å². The third-order valence-corrected chi connectivity index (χ3v) is 5.62. The molecule has 0 aliphatic heterocycles. The number of anilines is 1. The minimum atomic E-state index is -0.212. The maximum Gasteiger partial charge on any atom is 0.254 e. The average molecular weight is 416 g/mol. The zero-order valence-electron chi connectivity index (χ0n) is 17.9. The van der Waals surface area contributed by atoms with E-state index in [4.69, 9.17) is 0 Å². The summed E-state index contributed by atoms with van der Waals surface area (Å²) in [5.74, 6) is -0.308. The number of aromatic nitrogens is 1. The zero-order valence-corrected chi connectivity index (χ0v) is 18.7. The number of benzene rings is 1. The number of thiazole rings is 1. The molecule has 2 rings (SSSR count). The fourth-order valence-corrected chi connectivity index (χ4v) is 3.78. The van der Waals surface area contributed by atoms with E-state index < -0.39 is 0 Å². The van der Waals surface area contributed by atoms with Crippen LogP contribution < -0.4 is 5.32 Å². The molecule has 1 heterocycles. The molecule has 0 aliphatic carbocycles. The third-order valence-electron chi connectivity index (χ3n) is 4.79. The van der Waals surface area contributed by atoms with Crippen molar-refractivity contribution in [1.29, 1.82) is 0 Å². The number of carbonyl (C=O) groups is 2. The molecule has 0 saturated carbocycles. The van der Waals surface area contributed by atoms with Crippen LogP contribution >= 0.6 is 11.3 Å². The van der Waals surface area contributed by atoms with Crippen LogP contribution in [0, 0.1) is 6.92 Å². The van der Waals surface area contributed by atoms with E-state index in [1.54, 1.807) is 11.1 Å². The Hall–Kier alpha value is -2.21. The van der Waals surface area contributed by atoms with Crippen molar-refractivity contribution in [3.05, 3.63) is 46.5 Å². The molecular weight excluding hydrogens is 382 g/mol. The standard InChI is InChI=1S/C23H33N3O2S/c1-4-6-8-9-10-19-11-13-20(14-12-19)22(28)26(15-7-5-2)17-21(27)25-23-24-16-18(3)29-23/h11-14,16H,4-10,15,17H2,1-3H3,(H,24,25,27). The molecule has 0 radical (unpaired) electrons. The normalized spacial score (nSPS) is 10.7. The minimum absolute atomic E-state index is 0.0379. The first kappa shape index (κ1) is 23.1. The van der Waals surface area contributed by atoms with Crippen molar-refractivity contribution in [2.24, 2.45) is 0 Å². The van der Waals surface area contributed by atoms with E-state index in [0.717, 1.165) is 24.1 Å². The van der Waals surface area contributed by atoms with Crippen LogP contribution in [-0.2, 0) is 11.2 Å². The van der Waals surface area contributed by atoms with Crippen LogP contribution in [0.1, 0.15) is 73.2 Å². The highest BCUT2D eigenvalue weighted by atomic mass is 32.1. The van der Waals surface area contributed by atoms with Crippen molar-refractivity contribution in [1.82, 2.24) is 9.88 Å². The molecule has 0 fully saturated rings. The molecule has 29 heavy (non-hydrogen) atoms. The highest BCUT2D eigenvalue weighted by Gasteiger charge is 2.19. The number of nitrogens with zero attached hydrogens (tertiary/aromatic N) is 2. The highest BCUT2D eigenvalue weighted by Crippen LogP contribution is 2.17. The monoisotopic (exact) mass is 415 g/mol. The molecule has 1 aromatic carbocycles. The van der Waals surface area contributed by atoms with Crippen LogP contribution in [0.4, 0.5) is 5.13 Å². The molecule has 0 aliphatic rings. The molecule has 158 valence electrons. The lowest BCUT2D eigenvalue weighted by Gasteiger charge is -2.22. The molecule has 1 N–H and O–H groups in total. The Morgan fingerprint density at radius 1 is 1.03 bits per heavy atom. The Morgan fingerprint density at radius 2 is 1.76 bits per heavy atom. The van der Waals surface area contributed by atoms with E-state index >= 15 is 0 Å². The van der Waals surface area contributed by atoms with Gasteiger partial charge in [0.15, 0.2) is 5.13 Å². The number of rotatable bonds is 12. The smallest absolute Gasteiger partial charge is 0.254 e. The maximum absolute atomic E-state index is 13.0. The van der Waals surface area contributed by atoms with E-state index in [-0.39, 0.29) is 18.4 Å². The van der Waals surface area contributed by atoms with Gasteiger partial charge in [0.25, 0.3) is 5.91 Å². The van der Waals surface area contributed by atoms with Crippen LogP contribution in [0.5, 0.6) is 0 Å². The van der Waals surface area contributed by atoms with Crippen molar-refractivity contribution >= 4 is 28.3 Å². The van der Waals surface area contributed by atoms with E-state index in [9.17, 15) is 9.59 Å². The minimum Gasteiger partial charge on any atom is -0.329 e. The summed E-state index contributed by atoms with van der Waals surface area (Å²) in [4.78, 5) is 32.2. The van der Waals surface area contributed by atoms with Gasteiger partial charge in [0.2, 0.25) is 5.91 Å². The lowest BCUT2D eigenvalue weighted by Crippen LogP contribution is -2.38. The molecule has 6 heteroatoms. The molecule has 1 aromatic heterocycles. The van der Waals surface area contributed by atoms with Gasteiger partial charge in [-0.15, -0.1) is 11.3 Å². The Morgan fingerprint density at radius 3 is 2.38 bits per heavy atom. The number of nitrogens with one attached hydrogen (secondary N) is 1. The fourth-order valence-electron chi connectivity index (χ4n) is 3.10. The lowest BCUT2D eigenvalue weighted by molar-refractivity contribution is -0.116. The average Bonchev–Trinajstić information content (AvgIpc) is 3.12. The summed E-state index contributed by atoms with van der Waals surface area (Å²) >= 11 is 1.43. The van der Waals surface area contributed by atoms with E-state index in [0.29, 0.717) is 17.2 Å². The molecular formula is C23H33N3O2S. The number of hydrogen-bond donors (Lipinski definition) is 1. The Bertz CT molecular complexity index is 771. The van der Waals surface area contributed by atoms with Gasteiger partial charge in [0, 0.05) is 23.2 Å². The molecule has 0 saturated heterocycles. The van der Waals surface area contributed by atoms with Gasteiger partial charge in [-0.05, 0) is 43.9 Å². The molecule has 0 spiro atoms. The molecule has 2 aromatic rings. The second-order valence-electron chi connectivity index (χ2n) is 7.41. The molecule has 0 unspecified atom stereocenters. The first-order valence-electron chi connectivity index (χ1n) is 10.6. The van der Waals surface area contributed by atoms with Crippen LogP contribution in [0.25, 0.3) is 0 Å². The second kappa shape index (κ2) is 12.4. The number of amides is 2. The predicted octanol–water partition coefficient (Wildman–Crippen LogP) is 5.46. The van der Waals surface area contributed by atoms with Gasteiger partial charge in [-0.2, -0.15) is 0 Å². The van der Waals surface area contributed by atoms with Gasteiger partial charge in [-0.25, -0.2) is 4.98 Å². The van der Waals surface area contributed by atoms with Gasteiger partial charge in [0.1, 0.15) is 6.54 Å². The summed E-state index contributed by atoms with van der Waals surface area (Å²) in [6.07, 6.45) is 9.53. The van der Waals surface area contributed by atoms with Gasteiger partial charge in [-0.1, -0.05) is 51.7 Å². The van der Waals surface area contributed by atoms with Gasteiger partial charge < -0.3 is 10.2 Å². The summed E-state index contributed by atoms with van der Waals surface area (Å²) in [5.41, 5.74) is 1.89.